The zero-order valence-electron chi connectivity index (χ0n) is 15.3. The highest BCUT2D eigenvalue weighted by atomic mass is 14.1. The van der Waals surface area contributed by atoms with Gasteiger partial charge in [0.05, 0.1) is 0 Å². The first-order valence-corrected chi connectivity index (χ1v) is 10.1. The van der Waals surface area contributed by atoms with Gasteiger partial charge in [0, 0.05) is 0 Å². The molecule has 0 saturated carbocycles. The SMILES string of the molecule is [CH2]CCCCCCCCCCCCCC(C)CCCCC. The van der Waals surface area contributed by atoms with Gasteiger partial charge in [-0.25, -0.2) is 0 Å². The Balaban J connectivity index is 3.05. The Kier molecular flexibility index (Phi) is 18.1. The van der Waals surface area contributed by atoms with E-state index >= 15 is 0 Å². The maximum absolute atomic E-state index is 3.90. The van der Waals surface area contributed by atoms with Crippen molar-refractivity contribution < 1.29 is 0 Å². The molecule has 127 valence electrons. The van der Waals surface area contributed by atoms with Gasteiger partial charge in [0.2, 0.25) is 0 Å². The lowest BCUT2D eigenvalue weighted by molar-refractivity contribution is 0.435. The first kappa shape index (κ1) is 21.0. The van der Waals surface area contributed by atoms with E-state index in [4.69, 9.17) is 0 Å². The monoisotopic (exact) mass is 295 g/mol. The van der Waals surface area contributed by atoms with Gasteiger partial charge in [-0.1, -0.05) is 130 Å². The van der Waals surface area contributed by atoms with Gasteiger partial charge in [-0.3, -0.25) is 0 Å². The lowest BCUT2D eigenvalue weighted by atomic mass is 9.96. The number of hydrogen-bond donors (Lipinski definition) is 0. The van der Waals surface area contributed by atoms with Crippen molar-refractivity contribution in [1.29, 1.82) is 0 Å². The third kappa shape index (κ3) is 18.0. The zero-order chi connectivity index (χ0) is 15.6. The molecule has 0 aliphatic carbocycles. The second-order valence-corrected chi connectivity index (χ2v) is 7.13. The predicted octanol–water partition coefficient (Wildman–Crippen LogP) is 8.11. The van der Waals surface area contributed by atoms with E-state index in [0.717, 1.165) is 12.3 Å². The van der Waals surface area contributed by atoms with Crippen LogP contribution in [0.5, 0.6) is 0 Å². The number of hydrogen-bond acceptors (Lipinski definition) is 0. The molecule has 0 saturated heterocycles. The molecule has 1 radical (unpaired) electrons. The van der Waals surface area contributed by atoms with Crippen LogP contribution in [-0.4, -0.2) is 0 Å². The van der Waals surface area contributed by atoms with Crippen molar-refractivity contribution in [2.24, 2.45) is 5.92 Å². The van der Waals surface area contributed by atoms with E-state index in [1.54, 1.807) is 0 Å². The molecule has 0 fully saturated rings. The van der Waals surface area contributed by atoms with Crippen LogP contribution in [0.1, 0.15) is 123 Å². The largest absolute Gasteiger partial charge is 0.0654 e. The average molecular weight is 296 g/mol. The molecule has 0 rings (SSSR count). The number of rotatable bonds is 17. The van der Waals surface area contributed by atoms with Gasteiger partial charge in [0.25, 0.3) is 0 Å². The molecule has 21 heavy (non-hydrogen) atoms. The molecule has 0 amide bonds. The summed E-state index contributed by atoms with van der Waals surface area (Å²) in [7, 11) is 0. The van der Waals surface area contributed by atoms with Crippen LogP contribution in [0, 0.1) is 12.8 Å². The van der Waals surface area contributed by atoms with Crippen molar-refractivity contribution in [3.05, 3.63) is 6.92 Å². The standard InChI is InChI=1S/C21H43/c1-4-6-8-9-10-11-12-13-14-15-16-18-20-21(3)19-17-7-5-2/h21H,1,4-20H2,2-3H3. The average Bonchev–Trinajstić information content (AvgIpc) is 2.48. The summed E-state index contributed by atoms with van der Waals surface area (Å²) < 4.78 is 0. The van der Waals surface area contributed by atoms with Crippen molar-refractivity contribution >= 4 is 0 Å². The molecule has 1 atom stereocenters. The van der Waals surface area contributed by atoms with Crippen molar-refractivity contribution in [2.45, 2.75) is 123 Å². The first-order chi connectivity index (χ1) is 10.3. The molecule has 0 aromatic heterocycles. The molecule has 0 bridgehead atoms. The summed E-state index contributed by atoms with van der Waals surface area (Å²) >= 11 is 0. The van der Waals surface area contributed by atoms with Crippen LogP contribution in [0.2, 0.25) is 0 Å². The maximum Gasteiger partial charge on any atom is -0.0443 e. The van der Waals surface area contributed by atoms with E-state index in [1.165, 1.54) is 103 Å². The Morgan fingerprint density at radius 3 is 1.38 bits per heavy atom. The van der Waals surface area contributed by atoms with Crippen molar-refractivity contribution in [2.75, 3.05) is 0 Å². The normalized spacial score (nSPS) is 12.7. The van der Waals surface area contributed by atoms with Crippen LogP contribution >= 0.6 is 0 Å². The summed E-state index contributed by atoms with van der Waals surface area (Å²) in [5.41, 5.74) is 0. The molecule has 0 aromatic rings. The quantitative estimate of drug-likeness (QED) is 0.238. The van der Waals surface area contributed by atoms with Crippen molar-refractivity contribution in [1.82, 2.24) is 0 Å². The highest BCUT2D eigenvalue weighted by molar-refractivity contribution is 4.55. The Hall–Kier alpha value is 0. The fourth-order valence-corrected chi connectivity index (χ4v) is 3.15. The Morgan fingerprint density at radius 2 is 0.952 bits per heavy atom. The van der Waals surface area contributed by atoms with E-state index in [2.05, 4.69) is 20.8 Å². The highest BCUT2D eigenvalue weighted by Gasteiger charge is 2.01. The molecular weight excluding hydrogens is 252 g/mol. The second kappa shape index (κ2) is 18.1. The molecule has 0 heterocycles. The maximum atomic E-state index is 3.90. The van der Waals surface area contributed by atoms with E-state index in [0.29, 0.717) is 0 Å². The summed E-state index contributed by atoms with van der Waals surface area (Å²) in [6.07, 6.45) is 24.2. The van der Waals surface area contributed by atoms with Crippen LogP contribution in [0.4, 0.5) is 0 Å². The molecule has 0 aliphatic rings. The fraction of sp³-hybridized carbons (Fsp3) is 0.952. The van der Waals surface area contributed by atoms with Gasteiger partial charge in [0.15, 0.2) is 0 Å². The number of unbranched alkanes of at least 4 members (excludes halogenated alkanes) is 13. The fourth-order valence-electron chi connectivity index (χ4n) is 3.15. The second-order valence-electron chi connectivity index (χ2n) is 7.13. The van der Waals surface area contributed by atoms with Crippen LogP contribution in [0.15, 0.2) is 0 Å². The van der Waals surface area contributed by atoms with Gasteiger partial charge in [-0.05, 0) is 5.92 Å². The molecule has 0 aromatic carbocycles. The van der Waals surface area contributed by atoms with E-state index < -0.39 is 0 Å². The molecule has 0 heteroatoms. The highest BCUT2D eigenvalue weighted by Crippen LogP contribution is 2.18. The first-order valence-electron chi connectivity index (χ1n) is 10.1. The Morgan fingerprint density at radius 1 is 0.571 bits per heavy atom. The van der Waals surface area contributed by atoms with Gasteiger partial charge < -0.3 is 0 Å². The third-order valence-electron chi connectivity index (χ3n) is 4.75. The van der Waals surface area contributed by atoms with Crippen molar-refractivity contribution in [3.8, 4) is 0 Å². The molecule has 0 aliphatic heterocycles. The van der Waals surface area contributed by atoms with Gasteiger partial charge >= 0.3 is 0 Å². The zero-order valence-corrected chi connectivity index (χ0v) is 15.3. The summed E-state index contributed by atoms with van der Waals surface area (Å²) in [6.45, 7) is 8.65. The minimum atomic E-state index is 0.967. The minimum absolute atomic E-state index is 0.967. The van der Waals surface area contributed by atoms with E-state index in [-0.39, 0.29) is 0 Å². The van der Waals surface area contributed by atoms with Crippen LogP contribution in [0.3, 0.4) is 0 Å². The van der Waals surface area contributed by atoms with Crippen LogP contribution in [0.25, 0.3) is 0 Å². The molecular formula is C21H43. The third-order valence-corrected chi connectivity index (χ3v) is 4.75. The Bertz CT molecular complexity index is 173. The minimum Gasteiger partial charge on any atom is -0.0654 e. The predicted molar refractivity (Wildman–Crippen MR) is 98.7 cm³/mol. The summed E-state index contributed by atoms with van der Waals surface area (Å²) in [5, 5.41) is 0. The van der Waals surface area contributed by atoms with Crippen LogP contribution in [-0.2, 0) is 0 Å². The summed E-state index contributed by atoms with van der Waals surface area (Å²) in [5.74, 6) is 0.967. The Labute approximate surface area is 136 Å². The van der Waals surface area contributed by atoms with E-state index in [1.807, 2.05) is 0 Å². The molecule has 0 nitrogen and oxygen atoms in total. The van der Waals surface area contributed by atoms with Gasteiger partial charge in [0.1, 0.15) is 0 Å². The molecule has 0 spiro atoms. The summed E-state index contributed by atoms with van der Waals surface area (Å²) in [6, 6.07) is 0. The van der Waals surface area contributed by atoms with Gasteiger partial charge in [-0.15, -0.1) is 0 Å². The van der Waals surface area contributed by atoms with E-state index in [9.17, 15) is 0 Å². The summed E-state index contributed by atoms with van der Waals surface area (Å²) in [4.78, 5) is 0. The topological polar surface area (TPSA) is 0 Å². The molecule has 1 unspecified atom stereocenters. The van der Waals surface area contributed by atoms with Gasteiger partial charge in [-0.2, -0.15) is 0 Å². The lowest BCUT2D eigenvalue weighted by Gasteiger charge is -2.10. The smallest absolute Gasteiger partial charge is 0.0443 e. The van der Waals surface area contributed by atoms with Crippen LogP contribution < -0.4 is 0 Å². The molecule has 0 N–H and O–H groups in total. The van der Waals surface area contributed by atoms with Crippen molar-refractivity contribution in [3.63, 3.8) is 0 Å². The lowest BCUT2D eigenvalue weighted by Crippen LogP contribution is -1.94.